The third kappa shape index (κ3) is 3.05. The number of aromatic carboxylic acids is 1. The smallest absolute Gasteiger partial charge is 0.335 e. The summed E-state index contributed by atoms with van der Waals surface area (Å²) in [6, 6.07) is 20.0. The Morgan fingerprint density at radius 3 is 2.49 bits per heavy atom. The number of halogens is 1. The van der Waals surface area contributed by atoms with Crippen LogP contribution in [0.4, 0.5) is 17.1 Å². The minimum Gasteiger partial charge on any atom is -0.478 e. The fourth-order valence-electron chi connectivity index (χ4n) is 5.78. The SMILES string of the molecule is C[C@@]1(c2ccc(Cl)cc2)C[C@]12C(=O)N(c1cc(C(=O)O)cc(N3CCOC3O)c1)c1ccccc12. The first-order valence-corrected chi connectivity index (χ1v) is 11.8. The van der Waals surface area contributed by atoms with Crippen LogP contribution in [0.1, 0.15) is 34.8 Å². The Morgan fingerprint density at radius 2 is 1.80 bits per heavy atom. The van der Waals surface area contributed by atoms with E-state index in [2.05, 4.69) is 6.92 Å². The Hall–Kier alpha value is -3.39. The summed E-state index contributed by atoms with van der Waals surface area (Å²) in [5.41, 5.74) is 2.46. The van der Waals surface area contributed by atoms with Gasteiger partial charge < -0.3 is 19.8 Å². The molecule has 35 heavy (non-hydrogen) atoms. The molecule has 0 aromatic heterocycles. The van der Waals surface area contributed by atoms with Gasteiger partial charge >= 0.3 is 5.97 Å². The van der Waals surface area contributed by atoms with Crippen molar-refractivity contribution in [2.75, 3.05) is 23.0 Å². The number of fused-ring (bicyclic) bond motifs is 2. The molecule has 2 fully saturated rings. The number of aliphatic hydroxyl groups excluding tert-OH is 1. The summed E-state index contributed by atoms with van der Waals surface area (Å²) in [5, 5.41) is 20.6. The molecule has 1 unspecified atom stereocenters. The van der Waals surface area contributed by atoms with E-state index in [9.17, 15) is 19.8 Å². The van der Waals surface area contributed by atoms with Gasteiger partial charge in [-0.05, 0) is 53.9 Å². The van der Waals surface area contributed by atoms with Crippen LogP contribution < -0.4 is 9.80 Å². The molecule has 1 aliphatic carbocycles. The van der Waals surface area contributed by atoms with Gasteiger partial charge in [-0.25, -0.2) is 4.79 Å². The predicted octanol–water partition coefficient (Wildman–Crippen LogP) is 4.43. The highest BCUT2D eigenvalue weighted by Gasteiger charge is 2.74. The van der Waals surface area contributed by atoms with Crippen LogP contribution in [0, 0.1) is 0 Å². The van der Waals surface area contributed by atoms with Crippen LogP contribution in [0.2, 0.25) is 5.02 Å². The van der Waals surface area contributed by atoms with E-state index in [0.717, 1.165) is 16.8 Å². The van der Waals surface area contributed by atoms with Crippen molar-refractivity contribution >= 4 is 40.5 Å². The van der Waals surface area contributed by atoms with Crippen molar-refractivity contribution in [1.82, 2.24) is 0 Å². The lowest BCUT2D eigenvalue weighted by Crippen LogP contribution is -2.34. The number of hydrogen-bond acceptors (Lipinski definition) is 5. The Morgan fingerprint density at radius 1 is 1.09 bits per heavy atom. The Kier molecular flexibility index (Phi) is 4.77. The van der Waals surface area contributed by atoms with Crippen LogP contribution in [0.3, 0.4) is 0 Å². The molecule has 3 atom stereocenters. The molecule has 3 aromatic rings. The van der Waals surface area contributed by atoms with Crippen molar-refractivity contribution in [2.45, 2.75) is 30.6 Å². The van der Waals surface area contributed by atoms with E-state index >= 15 is 0 Å². The molecule has 0 bridgehead atoms. The van der Waals surface area contributed by atoms with Gasteiger partial charge in [0.1, 0.15) is 0 Å². The van der Waals surface area contributed by atoms with Gasteiger partial charge in [0, 0.05) is 22.7 Å². The second-order valence-electron chi connectivity index (χ2n) is 9.51. The zero-order valence-electron chi connectivity index (χ0n) is 18.9. The van der Waals surface area contributed by atoms with Gasteiger partial charge in [0.05, 0.1) is 29.0 Å². The number of amides is 1. The van der Waals surface area contributed by atoms with Crippen LogP contribution in [0.5, 0.6) is 0 Å². The van der Waals surface area contributed by atoms with Crippen molar-refractivity contribution in [2.24, 2.45) is 0 Å². The highest BCUT2D eigenvalue weighted by molar-refractivity contribution is 6.30. The van der Waals surface area contributed by atoms with Gasteiger partial charge in [-0.15, -0.1) is 0 Å². The highest BCUT2D eigenvalue weighted by atomic mass is 35.5. The average molecular weight is 491 g/mol. The standard InChI is InChI=1S/C27H23ClN2O5/c1-26(17-6-8-18(28)9-7-17)15-27(26)21-4-2-3-5-22(21)30(24(27)33)20-13-16(23(31)32)12-19(14-20)29-10-11-35-25(29)34/h2-9,12-14,25,34H,10-11,15H2,1H3,(H,31,32)/t25?,26-,27-/m0/s1. The number of carbonyl (C=O) groups excluding carboxylic acids is 1. The van der Waals surface area contributed by atoms with Crippen LogP contribution in [-0.4, -0.2) is 41.7 Å². The number of carboxylic acids is 1. The third-order valence-electron chi connectivity index (χ3n) is 7.70. The number of benzene rings is 3. The molecule has 3 aliphatic rings. The normalized spacial score (nSPS) is 26.9. The molecule has 2 aliphatic heterocycles. The molecule has 1 spiro atoms. The number of nitrogens with zero attached hydrogens (tertiary/aromatic N) is 2. The van der Waals surface area contributed by atoms with Crippen molar-refractivity contribution < 1.29 is 24.5 Å². The number of aliphatic hydroxyl groups is 1. The summed E-state index contributed by atoms with van der Waals surface area (Å²) in [4.78, 5) is 29.4. The first kappa shape index (κ1) is 22.1. The maximum atomic E-state index is 14.2. The lowest BCUT2D eigenvalue weighted by atomic mass is 9.83. The number of carbonyl (C=O) groups is 2. The minimum atomic E-state index is -1.17. The fourth-order valence-corrected chi connectivity index (χ4v) is 5.91. The van der Waals surface area contributed by atoms with E-state index in [1.54, 1.807) is 15.9 Å². The summed E-state index contributed by atoms with van der Waals surface area (Å²) < 4.78 is 5.23. The zero-order chi connectivity index (χ0) is 24.5. The van der Waals surface area contributed by atoms with Crippen LogP contribution in [0.15, 0.2) is 66.7 Å². The fraction of sp³-hybridized carbons (Fsp3) is 0.259. The zero-order valence-corrected chi connectivity index (χ0v) is 19.7. The first-order chi connectivity index (χ1) is 16.8. The molecular formula is C27H23ClN2O5. The van der Waals surface area contributed by atoms with E-state index in [1.807, 2.05) is 48.5 Å². The number of ether oxygens (including phenoxy) is 1. The van der Waals surface area contributed by atoms with E-state index in [1.165, 1.54) is 12.1 Å². The monoisotopic (exact) mass is 490 g/mol. The molecule has 3 aromatic carbocycles. The van der Waals surface area contributed by atoms with Gasteiger partial charge in [-0.2, -0.15) is 0 Å². The molecule has 0 radical (unpaired) electrons. The van der Waals surface area contributed by atoms with Crippen molar-refractivity contribution in [3.05, 3.63) is 88.4 Å². The van der Waals surface area contributed by atoms with Crippen LogP contribution in [0.25, 0.3) is 0 Å². The van der Waals surface area contributed by atoms with Crippen molar-refractivity contribution in [1.29, 1.82) is 0 Å². The lowest BCUT2D eigenvalue weighted by molar-refractivity contribution is -0.120. The average Bonchev–Trinajstić information content (AvgIpc) is 3.13. The third-order valence-corrected chi connectivity index (χ3v) is 7.95. The van der Waals surface area contributed by atoms with E-state index in [4.69, 9.17) is 16.3 Å². The number of hydrogen-bond donors (Lipinski definition) is 2. The number of rotatable bonds is 4. The van der Waals surface area contributed by atoms with Crippen molar-refractivity contribution in [3.8, 4) is 0 Å². The second kappa shape index (κ2) is 7.55. The van der Waals surface area contributed by atoms with Gasteiger partial charge in [0.15, 0.2) is 0 Å². The summed E-state index contributed by atoms with van der Waals surface area (Å²) >= 11 is 6.11. The largest absolute Gasteiger partial charge is 0.478 e. The molecule has 6 rings (SSSR count). The molecule has 8 heteroatoms. The number of carboxylic acid groups (broad SMARTS) is 1. The molecular weight excluding hydrogens is 468 g/mol. The van der Waals surface area contributed by atoms with Gasteiger partial charge in [0.2, 0.25) is 12.3 Å². The highest BCUT2D eigenvalue weighted by Crippen LogP contribution is 2.71. The molecule has 2 heterocycles. The van der Waals surface area contributed by atoms with E-state index < -0.39 is 23.2 Å². The summed E-state index contributed by atoms with van der Waals surface area (Å²) in [6.45, 7) is 2.82. The topological polar surface area (TPSA) is 90.3 Å². The molecule has 178 valence electrons. The van der Waals surface area contributed by atoms with Crippen LogP contribution >= 0.6 is 11.6 Å². The quantitative estimate of drug-likeness (QED) is 0.562. The molecule has 1 amide bonds. The minimum absolute atomic E-state index is 0.0269. The molecule has 1 saturated carbocycles. The maximum Gasteiger partial charge on any atom is 0.335 e. The molecule has 1 saturated heterocycles. The molecule has 2 N–H and O–H groups in total. The predicted molar refractivity (Wildman–Crippen MR) is 131 cm³/mol. The lowest BCUT2D eigenvalue weighted by Gasteiger charge is -2.25. The van der Waals surface area contributed by atoms with Crippen LogP contribution in [-0.2, 0) is 20.4 Å². The Bertz CT molecular complexity index is 1380. The van der Waals surface area contributed by atoms with E-state index in [-0.39, 0.29) is 11.5 Å². The van der Waals surface area contributed by atoms with Crippen molar-refractivity contribution in [3.63, 3.8) is 0 Å². The number of anilines is 3. The second-order valence-corrected chi connectivity index (χ2v) is 9.95. The summed E-state index contributed by atoms with van der Waals surface area (Å²) in [5.74, 6) is -1.21. The summed E-state index contributed by atoms with van der Waals surface area (Å²) in [7, 11) is 0. The number of para-hydroxylation sites is 1. The van der Waals surface area contributed by atoms with Gasteiger partial charge in [0.25, 0.3) is 0 Å². The van der Waals surface area contributed by atoms with E-state index in [0.29, 0.717) is 36.0 Å². The Balaban J connectivity index is 1.49. The Labute approximate surface area is 207 Å². The van der Waals surface area contributed by atoms with Gasteiger partial charge in [-0.1, -0.05) is 48.9 Å². The molecule has 7 nitrogen and oxygen atoms in total. The first-order valence-electron chi connectivity index (χ1n) is 11.4. The maximum absolute atomic E-state index is 14.2. The summed E-state index contributed by atoms with van der Waals surface area (Å²) in [6.07, 6.45) is -0.533. The van der Waals surface area contributed by atoms with Gasteiger partial charge in [-0.3, -0.25) is 9.69 Å².